The number of nitro groups is 1. The molecule has 0 bridgehead atoms. The largest absolute Gasteiger partial charge is 0.364 e. The number of benzene rings is 1. The molecule has 0 atom stereocenters. The van der Waals surface area contributed by atoms with Crippen molar-refractivity contribution < 1.29 is 9.31 Å². The number of anilines is 3. The molecule has 1 aliphatic heterocycles. The van der Waals surface area contributed by atoms with E-state index in [0.717, 1.165) is 5.56 Å². The minimum absolute atomic E-state index is 0.0170. The molecule has 0 fully saturated rings. The van der Waals surface area contributed by atoms with E-state index in [-0.39, 0.29) is 34.0 Å². The number of pyridine rings is 1. The fourth-order valence-corrected chi connectivity index (χ4v) is 2.70. The molecule has 0 spiro atoms. The van der Waals surface area contributed by atoms with Crippen molar-refractivity contribution in [1.29, 1.82) is 0 Å². The summed E-state index contributed by atoms with van der Waals surface area (Å²) in [7, 11) is 0. The number of hydrogen-bond acceptors (Lipinski definition) is 5. The molecule has 2 N–H and O–H groups in total. The van der Waals surface area contributed by atoms with Crippen LogP contribution in [-0.2, 0) is 6.54 Å². The maximum atomic E-state index is 14.0. The Morgan fingerprint density at radius 3 is 2.78 bits per heavy atom. The van der Waals surface area contributed by atoms with Gasteiger partial charge in [-0.05, 0) is 31.5 Å². The standard InChI is InChI=1S/C15H15FN4O3/c1-8-3-4-11(10(16)7-8)18-12-9(2)15(21)19-6-5-17-14(19)13(12)20(22)23/h3-4,7,17-18H,5-6H2,1-2H3. The number of rotatable bonds is 3. The van der Waals surface area contributed by atoms with Crippen molar-refractivity contribution >= 4 is 22.9 Å². The molecule has 0 radical (unpaired) electrons. The van der Waals surface area contributed by atoms with Crippen LogP contribution in [0.5, 0.6) is 0 Å². The van der Waals surface area contributed by atoms with E-state index >= 15 is 0 Å². The highest BCUT2D eigenvalue weighted by Gasteiger charge is 2.31. The number of nitrogens with zero attached hydrogens (tertiary/aromatic N) is 2. The highest BCUT2D eigenvalue weighted by Crippen LogP contribution is 2.37. The molecule has 23 heavy (non-hydrogen) atoms. The fourth-order valence-electron chi connectivity index (χ4n) is 2.70. The second-order valence-corrected chi connectivity index (χ2v) is 5.45. The number of aryl methyl sites for hydroxylation is 1. The molecule has 1 aromatic carbocycles. The topological polar surface area (TPSA) is 89.2 Å². The van der Waals surface area contributed by atoms with Crippen LogP contribution in [0.3, 0.4) is 0 Å². The summed E-state index contributed by atoms with van der Waals surface area (Å²) in [6.07, 6.45) is 0. The first-order valence-electron chi connectivity index (χ1n) is 7.09. The van der Waals surface area contributed by atoms with Gasteiger partial charge in [0.05, 0.1) is 10.6 Å². The molecule has 0 saturated heterocycles. The van der Waals surface area contributed by atoms with Crippen molar-refractivity contribution in [3.8, 4) is 0 Å². The smallest absolute Gasteiger partial charge is 0.333 e. The first kappa shape index (κ1) is 15.0. The third-order valence-electron chi connectivity index (χ3n) is 3.87. The minimum Gasteiger partial charge on any atom is -0.364 e. The number of nitrogens with one attached hydrogen (secondary N) is 2. The van der Waals surface area contributed by atoms with Crippen LogP contribution in [0.2, 0.25) is 0 Å². The van der Waals surface area contributed by atoms with Gasteiger partial charge in [-0.2, -0.15) is 0 Å². The highest BCUT2D eigenvalue weighted by molar-refractivity contribution is 5.80. The summed E-state index contributed by atoms with van der Waals surface area (Å²) in [5.41, 5.74) is 0.442. The molecule has 3 rings (SSSR count). The van der Waals surface area contributed by atoms with Crippen molar-refractivity contribution in [3.05, 3.63) is 55.6 Å². The van der Waals surface area contributed by atoms with E-state index in [4.69, 9.17) is 0 Å². The molecule has 0 aliphatic carbocycles. The van der Waals surface area contributed by atoms with Crippen LogP contribution in [0, 0.1) is 29.8 Å². The number of aromatic nitrogens is 1. The van der Waals surface area contributed by atoms with Gasteiger partial charge in [-0.3, -0.25) is 19.5 Å². The normalized spacial score (nSPS) is 12.7. The van der Waals surface area contributed by atoms with Crippen molar-refractivity contribution in [2.75, 3.05) is 17.2 Å². The SMILES string of the molecule is Cc1ccc(Nc2c([N+](=O)[O-])c3n(c(=O)c2C)CCN3)c(F)c1. The first-order chi connectivity index (χ1) is 10.9. The second-order valence-electron chi connectivity index (χ2n) is 5.45. The van der Waals surface area contributed by atoms with E-state index in [1.54, 1.807) is 13.0 Å². The van der Waals surface area contributed by atoms with Gasteiger partial charge in [0, 0.05) is 18.7 Å². The van der Waals surface area contributed by atoms with Gasteiger partial charge in [0.1, 0.15) is 11.5 Å². The Kier molecular flexibility index (Phi) is 3.51. The Morgan fingerprint density at radius 1 is 1.39 bits per heavy atom. The maximum absolute atomic E-state index is 14.0. The van der Waals surface area contributed by atoms with E-state index in [9.17, 15) is 19.3 Å². The van der Waals surface area contributed by atoms with Crippen LogP contribution in [0.15, 0.2) is 23.0 Å². The zero-order valence-corrected chi connectivity index (χ0v) is 12.6. The molecular weight excluding hydrogens is 303 g/mol. The highest BCUT2D eigenvalue weighted by atomic mass is 19.1. The average Bonchev–Trinajstić information content (AvgIpc) is 2.96. The van der Waals surface area contributed by atoms with E-state index in [0.29, 0.717) is 13.1 Å². The molecule has 1 aliphatic rings. The summed E-state index contributed by atoms with van der Waals surface area (Å²) in [5, 5.41) is 17.1. The molecule has 7 nitrogen and oxygen atoms in total. The van der Waals surface area contributed by atoms with Gasteiger partial charge >= 0.3 is 5.69 Å². The maximum Gasteiger partial charge on any atom is 0.333 e. The van der Waals surface area contributed by atoms with Gasteiger partial charge in [-0.25, -0.2) is 4.39 Å². The molecule has 0 amide bonds. The predicted molar refractivity (Wildman–Crippen MR) is 85.0 cm³/mol. The molecular formula is C15H15FN4O3. The molecule has 0 saturated carbocycles. The lowest BCUT2D eigenvalue weighted by Crippen LogP contribution is -2.23. The molecule has 1 aromatic heterocycles. The molecule has 120 valence electrons. The van der Waals surface area contributed by atoms with Crippen LogP contribution in [0.25, 0.3) is 0 Å². The number of hydrogen-bond donors (Lipinski definition) is 2. The van der Waals surface area contributed by atoms with Gasteiger partial charge < -0.3 is 10.6 Å². The Labute approximate surface area is 130 Å². The molecule has 8 heteroatoms. The summed E-state index contributed by atoms with van der Waals surface area (Å²) in [4.78, 5) is 23.3. The quantitative estimate of drug-likeness (QED) is 0.671. The summed E-state index contributed by atoms with van der Waals surface area (Å²) >= 11 is 0. The van der Waals surface area contributed by atoms with Crippen LogP contribution in [0.1, 0.15) is 11.1 Å². The Hall–Kier alpha value is -2.90. The molecule has 0 unspecified atom stereocenters. The number of fused-ring (bicyclic) bond motifs is 1. The third kappa shape index (κ3) is 2.41. The van der Waals surface area contributed by atoms with Gasteiger partial charge in [0.25, 0.3) is 5.56 Å². The van der Waals surface area contributed by atoms with Gasteiger partial charge in [0.15, 0.2) is 5.82 Å². The summed E-state index contributed by atoms with van der Waals surface area (Å²) in [5.74, 6) is -0.382. The van der Waals surface area contributed by atoms with Crippen molar-refractivity contribution in [2.45, 2.75) is 20.4 Å². The second kappa shape index (κ2) is 5.38. The lowest BCUT2D eigenvalue weighted by atomic mass is 10.1. The minimum atomic E-state index is -0.564. The average molecular weight is 318 g/mol. The zero-order chi connectivity index (χ0) is 16.7. The lowest BCUT2D eigenvalue weighted by molar-refractivity contribution is -0.383. The zero-order valence-electron chi connectivity index (χ0n) is 12.6. The molecule has 2 aromatic rings. The predicted octanol–water partition coefficient (Wildman–Crippen LogP) is 2.68. The van der Waals surface area contributed by atoms with Crippen molar-refractivity contribution in [1.82, 2.24) is 4.57 Å². The Morgan fingerprint density at radius 2 is 2.13 bits per heavy atom. The van der Waals surface area contributed by atoms with Gasteiger partial charge in [-0.1, -0.05) is 6.07 Å². The summed E-state index contributed by atoms with van der Waals surface area (Å²) < 4.78 is 15.4. The lowest BCUT2D eigenvalue weighted by Gasteiger charge is -2.14. The van der Waals surface area contributed by atoms with Crippen LogP contribution in [0.4, 0.5) is 27.3 Å². The number of halogens is 1. The monoisotopic (exact) mass is 318 g/mol. The van der Waals surface area contributed by atoms with Crippen LogP contribution >= 0.6 is 0 Å². The van der Waals surface area contributed by atoms with Crippen molar-refractivity contribution in [2.24, 2.45) is 0 Å². The van der Waals surface area contributed by atoms with E-state index in [1.807, 2.05) is 0 Å². The van der Waals surface area contributed by atoms with E-state index < -0.39 is 10.7 Å². The van der Waals surface area contributed by atoms with Gasteiger partial charge in [-0.15, -0.1) is 0 Å². The third-order valence-corrected chi connectivity index (χ3v) is 3.87. The Balaban J connectivity index is 2.21. The van der Waals surface area contributed by atoms with E-state index in [1.165, 1.54) is 23.6 Å². The summed E-state index contributed by atoms with van der Waals surface area (Å²) in [6, 6.07) is 4.50. The van der Waals surface area contributed by atoms with Crippen LogP contribution < -0.4 is 16.2 Å². The Bertz CT molecular complexity index is 876. The fraction of sp³-hybridized carbons (Fsp3) is 0.267. The van der Waals surface area contributed by atoms with E-state index in [2.05, 4.69) is 10.6 Å². The summed E-state index contributed by atoms with van der Waals surface area (Å²) in [6.45, 7) is 4.05. The molecule has 2 heterocycles. The van der Waals surface area contributed by atoms with Crippen molar-refractivity contribution in [3.63, 3.8) is 0 Å². The first-order valence-corrected chi connectivity index (χ1v) is 7.09. The van der Waals surface area contributed by atoms with Gasteiger partial charge in [0.2, 0.25) is 0 Å². The van der Waals surface area contributed by atoms with Crippen LogP contribution in [-0.4, -0.2) is 16.0 Å².